The molecule has 5 nitrogen and oxygen atoms in total. The van der Waals surface area contributed by atoms with Crippen LogP contribution in [0.2, 0.25) is 0 Å². The summed E-state index contributed by atoms with van der Waals surface area (Å²) in [5, 5.41) is 5.70. The summed E-state index contributed by atoms with van der Waals surface area (Å²) in [6.07, 6.45) is 12.5. The fraction of sp³-hybridized carbons (Fsp3) is 0.370. The Bertz CT molecular complexity index is 1020. The van der Waals surface area contributed by atoms with E-state index >= 15 is 0 Å². The van der Waals surface area contributed by atoms with Gasteiger partial charge < -0.3 is 9.39 Å². The van der Waals surface area contributed by atoms with Gasteiger partial charge in [0.15, 0.2) is 0 Å². The maximum absolute atomic E-state index is 6.17. The van der Waals surface area contributed by atoms with Gasteiger partial charge in [-0.3, -0.25) is 5.32 Å². The van der Waals surface area contributed by atoms with E-state index in [0.717, 1.165) is 5.57 Å². The van der Waals surface area contributed by atoms with Crippen molar-refractivity contribution in [1.82, 2.24) is 15.1 Å². The van der Waals surface area contributed by atoms with E-state index in [1.54, 1.807) is 6.26 Å². The number of nitrogens with zero attached hydrogens (tertiary/aromatic N) is 2. The lowest BCUT2D eigenvalue weighted by Gasteiger charge is -2.40. The molecule has 7 heteroatoms. The Morgan fingerprint density at radius 3 is 2.38 bits per heavy atom. The molecule has 2 unspecified atom stereocenters. The average molecular weight is 479 g/mol. The second kappa shape index (κ2) is 11.6. The fourth-order valence-electron chi connectivity index (χ4n) is 3.83. The van der Waals surface area contributed by atoms with Gasteiger partial charge in [0.05, 0.1) is 11.9 Å². The molecule has 1 aromatic carbocycles. The molecule has 3 rings (SSSR count). The number of hydrogen-bond donors (Lipinski definition) is 1. The minimum atomic E-state index is -1.17. The van der Waals surface area contributed by atoms with Crippen molar-refractivity contribution in [3.63, 3.8) is 0 Å². The third-order valence-corrected chi connectivity index (χ3v) is 8.85. The highest BCUT2D eigenvalue weighted by molar-refractivity contribution is 7.58. The van der Waals surface area contributed by atoms with Gasteiger partial charge in [0, 0.05) is 14.1 Å². The predicted molar refractivity (Wildman–Crippen MR) is 149 cm³/mol. The predicted octanol–water partition coefficient (Wildman–Crippen LogP) is 4.98. The fourth-order valence-corrected chi connectivity index (χ4v) is 6.12. The number of benzene rings is 1. The Balaban J connectivity index is 1.94. The molecule has 0 aliphatic carbocycles. The summed E-state index contributed by atoms with van der Waals surface area (Å²) in [6, 6.07) is 10.6. The number of hydrogen-bond acceptors (Lipinski definition) is 5. The van der Waals surface area contributed by atoms with E-state index in [-0.39, 0.29) is 6.17 Å². The SMILES string of the molecule is CNC(c1ccccc1)N(N(C)C)[PH]1=CC=CC(C2=C/C=C/BOC(C)(C)C(C)(C)O/C=C\2)=C1. The molecule has 0 fully saturated rings. The van der Waals surface area contributed by atoms with Crippen molar-refractivity contribution in [2.24, 2.45) is 0 Å². The summed E-state index contributed by atoms with van der Waals surface area (Å²) in [5.41, 5.74) is 2.65. The highest BCUT2D eigenvalue weighted by Crippen LogP contribution is 2.42. The van der Waals surface area contributed by atoms with Crippen LogP contribution in [-0.2, 0) is 9.39 Å². The van der Waals surface area contributed by atoms with Crippen molar-refractivity contribution in [2.45, 2.75) is 45.1 Å². The Kier molecular flexibility index (Phi) is 9.03. The number of rotatable bonds is 6. The maximum atomic E-state index is 6.17. The van der Waals surface area contributed by atoms with Crippen LogP contribution in [0.3, 0.4) is 0 Å². The second-order valence-electron chi connectivity index (χ2n) is 9.65. The third-order valence-electron chi connectivity index (χ3n) is 6.52. The molecule has 34 heavy (non-hydrogen) atoms. The lowest BCUT2D eigenvalue weighted by atomic mass is 9.86. The van der Waals surface area contributed by atoms with Gasteiger partial charge in [-0.25, -0.2) is 5.01 Å². The molecule has 2 atom stereocenters. The number of nitrogens with one attached hydrogen (secondary N) is 1. The highest BCUT2D eigenvalue weighted by Gasteiger charge is 2.39. The Morgan fingerprint density at radius 2 is 1.71 bits per heavy atom. The lowest BCUT2D eigenvalue weighted by Crippen LogP contribution is -2.49. The van der Waals surface area contributed by atoms with Crippen LogP contribution in [0.15, 0.2) is 89.9 Å². The molecule has 1 N–H and O–H groups in total. The van der Waals surface area contributed by atoms with E-state index < -0.39 is 18.9 Å². The van der Waals surface area contributed by atoms with Crippen LogP contribution in [0.4, 0.5) is 0 Å². The molecular formula is C27H39BN3O2P. The van der Waals surface area contributed by atoms with Crippen molar-refractivity contribution in [3.8, 4) is 0 Å². The molecule has 1 aromatic rings. The van der Waals surface area contributed by atoms with E-state index in [1.807, 2.05) is 7.05 Å². The minimum absolute atomic E-state index is 0.0748. The van der Waals surface area contributed by atoms with Crippen LogP contribution < -0.4 is 5.32 Å². The van der Waals surface area contributed by atoms with Gasteiger partial charge in [-0.1, -0.05) is 60.6 Å². The van der Waals surface area contributed by atoms with E-state index in [1.165, 1.54) is 11.1 Å². The maximum Gasteiger partial charge on any atom is 0.302 e. The van der Waals surface area contributed by atoms with Crippen molar-refractivity contribution < 1.29 is 9.39 Å². The Labute approximate surface area is 207 Å². The summed E-state index contributed by atoms with van der Waals surface area (Å²) in [6.45, 7) is 8.26. The molecular weight excluding hydrogens is 440 g/mol. The van der Waals surface area contributed by atoms with Crippen molar-refractivity contribution in [1.29, 1.82) is 0 Å². The molecule has 0 amide bonds. The molecule has 2 heterocycles. The monoisotopic (exact) mass is 479 g/mol. The molecule has 0 saturated heterocycles. The standard InChI is InChI=1S/C27H39BN3O2P/c1-26(2)27(3,4)33-28-18-11-15-22(17-19-32-26)24-16-12-20-34(21-24)31(30(6)7)25(29-5)23-13-9-8-10-14-23/h8-21,25,28-29,34H,1-7H3/b18-11+,19-17-,22-15+. The zero-order chi connectivity index (χ0) is 24.8. The first-order valence-electron chi connectivity index (χ1n) is 11.8. The summed E-state index contributed by atoms with van der Waals surface area (Å²) >= 11 is 0. The molecule has 0 bridgehead atoms. The van der Waals surface area contributed by atoms with E-state index in [2.05, 4.69) is 135 Å². The van der Waals surface area contributed by atoms with Gasteiger partial charge in [-0.2, -0.15) is 4.78 Å². The first kappa shape index (κ1) is 26.5. The zero-order valence-electron chi connectivity index (χ0n) is 21.6. The molecule has 0 radical (unpaired) electrons. The Morgan fingerprint density at radius 1 is 0.971 bits per heavy atom. The topological polar surface area (TPSA) is 37.0 Å². The Hall–Kier alpha value is -2.08. The number of allylic oxidation sites excluding steroid dienone is 7. The average Bonchev–Trinajstić information content (AvgIpc) is 2.82. The largest absolute Gasteiger partial charge is 0.493 e. The second-order valence-corrected chi connectivity index (χ2v) is 11.6. The van der Waals surface area contributed by atoms with E-state index in [9.17, 15) is 0 Å². The van der Waals surface area contributed by atoms with Gasteiger partial charge >= 0.3 is 7.48 Å². The van der Waals surface area contributed by atoms with Gasteiger partial charge in [-0.15, -0.1) is 0 Å². The van der Waals surface area contributed by atoms with Crippen LogP contribution in [-0.4, -0.2) is 55.4 Å². The normalized spacial score (nSPS) is 26.1. The van der Waals surface area contributed by atoms with Crippen LogP contribution in [0.5, 0.6) is 0 Å². The van der Waals surface area contributed by atoms with Crippen LogP contribution in [0.1, 0.15) is 39.4 Å². The smallest absolute Gasteiger partial charge is 0.302 e. The van der Waals surface area contributed by atoms with Crippen LogP contribution >= 0.6 is 7.70 Å². The molecule has 182 valence electrons. The summed E-state index contributed by atoms with van der Waals surface area (Å²) < 4.78 is 14.7. The van der Waals surface area contributed by atoms with Crippen molar-refractivity contribution >= 4 is 21.0 Å². The summed E-state index contributed by atoms with van der Waals surface area (Å²) in [5.74, 6) is 6.77. The van der Waals surface area contributed by atoms with Gasteiger partial charge in [0.2, 0.25) is 0 Å². The first-order valence-corrected chi connectivity index (χ1v) is 13.4. The highest BCUT2D eigenvalue weighted by atomic mass is 31.1. The van der Waals surface area contributed by atoms with Gasteiger partial charge in [0.1, 0.15) is 11.8 Å². The van der Waals surface area contributed by atoms with Gasteiger partial charge in [-0.05, 0) is 76.8 Å². The molecule has 2 aliphatic rings. The van der Waals surface area contributed by atoms with E-state index in [4.69, 9.17) is 9.39 Å². The minimum Gasteiger partial charge on any atom is -0.493 e. The van der Waals surface area contributed by atoms with Crippen LogP contribution in [0.25, 0.3) is 0 Å². The third kappa shape index (κ3) is 6.32. The zero-order valence-corrected chi connectivity index (χ0v) is 22.6. The molecule has 0 spiro atoms. The molecule has 0 saturated carbocycles. The number of hydrazine groups is 1. The van der Waals surface area contributed by atoms with Crippen molar-refractivity contribution in [2.75, 3.05) is 21.1 Å². The van der Waals surface area contributed by atoms with Gasteiger partial charge in [0.25, 0.3) is 0 Å². The summed E-state index contributed by atoms with van der Waals surface area (Å²) in [4.78, 5) is 0. The first-order chi connectivity index (χ1) is 16.2. The number of ether oxygens (including phenoxy) is 1. The van der Waals surface area contributed by atoms with Crippen LogP contribution in [0, 0.1) is 0 Å². The quantitative estimate of drug-likeness (QED) is 0.270. The van der Waals surface area contributed by atoms with E-state index in [0.29, 0.717) is 7.48 Å². The summed E-state index contributed by atoms with van der Waals surface area (Å²) in [7, 11) is 5.61. The lowest BCUT2D eigenvalue weighted by molar-refractivity contribution is -0.0967. The molecule has 0 aromatic heterocycles. The molecule has 2 aliphatic heterocycles. The van der Waals surface area contributed by atoms with Crippen molar-refractivity contribution in [3.05, 3.63) is 95.5 Å².